The molecule has 0 atom stereocenters. The van der Waals surface area contributed by atoms with Crippen LogP contribution >= 0.6 is 38.5 Å². The van der Waals surface area contributed by atoms with Gasteiger partial charge >= 0.3 is 5.97 Å². The lowest BCUT2D eigenvalue weighted by molar-refractivity contribution is 0.0695. The average Bonchev–Trinajstić information content (AvgIpc) is 2.46. The summed E-state index contributed by atoms with van der Waals surface area (Å²) in [6.07, 6.45) is 3.24. The molecule has 0 spiro atoms. The van der Waals surface area contributed by atoms with E-state index in [1.165, 1.54) is 0 Å². The lowest BCUT2D eigenvalue weighted by atomic mass is 10.3. The SMILES string of the molecule is O=C(O)c1cn2c(I)cnc2cc1Br. The third-order valence-corrected chi connectivity index (χ3v) is 3.24. The number of hydrogen-bond donors (Lipinski definition) is 1. The Morgan fingerprint density at radius 2 is 2.36 bits per heavy atom. The Kier molecular flexibility index (Phi) is 2.48. The van der Waals surface area contributed by atoms with Crippen molar-refractivity contribution in [3.8, 4) is 0 Å². The van der Waals surface area contributed by atoms with Crippen LogP contribution in [0.25, 0.3) is 5.65 Å². The zero-order chi connectivity index (χ0) is 10.3. The van der Waals surface area contributed by atoms with E-state index in [9.17, 15) is 4.79 Å². The van der Waals surface area contributed by atoms with Crippen molar-refractivity contribution in [1.82, 2.24) is 9.38 Å². The second-order valence-corrected chi connectivity index (χ2v) is 4.61. The van der Waals surface area contributed by atoms with Crippen LogP contribution in [0.15, 0.2) is 22.9 Å². The highest BCUT2D eigenvalue weighted by molar-refractivity contribution is 14.1. The Bertz CT molecular complexity index is 523. The molecule has 72 valence electrons. The van der Waals surface area contributed by atoms with Crippen LogP contribution in [0.2, 0.25) is 0 Å². The van der Waals surface area contributed by atoms with Crippen molar-refractivity contribution in [2.45, 2.75) is 0 Å². The first kappa shape index (κ1) is 9.91. The zero-order valence-corrected chi connectivity index (χ0v) is 10.5. The van der Waals surface area contributed by atoms with Crippen molar-refractivity contribution >= 4 is 50.1 Å². The normalized spacial score (nSPS) is 10.7. The van der Waals surface area contributed by atoms with Crippen molar-refractivity contribution in [2.24, 2.45) is 0 Å². The predicted octanol–water partition coefficient (Wildman–Crippen LogP) is 2.40. The second-order valence-electron chi connectivity index (χ2n) is 2.65. The number of imidazole rings is 1. The number of halogens is 2. The maximum Gasteiger partial charge on any atom is 0.338 e. The van der Waals surface area contributed by atoms with E-state index in [4.69, 9.17) is 5.11 Å². The largest absolute Gasteiger partial charge is 0.478 e. The standard InChI is InChI=1S/C8H4BrIN2O2/c9-5-1-7-11-2-6(10)12(7)3-4(5)8(13)14/h1-3H,(H,13,14). The topological polar surface area (TPSA) is 54.6 Å². The second kappa shape index (κ2) is 3.50. The Hall–Kier alpha value is -0.630. The number of carboxylic acid groups (broad SMARTS) is 1. The molecule has 0 radical (unpaired) electrons. The van der Waals surface area contributed by atoms with E-state index in [1.807, 2.05) is 0 Å². The van der Waals surface area contributed by atoms with Crippen molar-refractivity contribution in [3.63, 3.8) is 0 Å². The fourth-order valence-electron chi connectivity index (χ4n) is 1.13. The molecule has 0 amide bonds. The molecule has 0 aliphatic heterocycles. The molecule has 2 rings (SSSR count). The summed E-state index contributed by atoms with van der Waals surface area (Å²) in [5.41, 5.74) is 0.958. The summed E-state index contributed by atoms with van der Waals surface area (Å²) in [6.45, 7) is 0. The molecule has 0 saturated heterocycles. The van der Waals surface area contributed by atoms with Crippen LogP contribution in [-0.4, -0.2) is 20.5 Å². The number of aromatic carboxylic acids is 1. The number of carboxylic acids is 1. The molecular weight excluding hydrogens is 363 g/mol. The van der Waals surface area contributed by atoms with E-state index in [-0.39, 0.29) is 5.56 Å². The van der Waals surface area contributed by atoms with Gasteiger partial charge in [0.2, 0.25) is 0 Å². The van der Waals surface area contributed by atoms with Crippen LogP contribution in [0.1, 0.15) is 10.4 Å². The van der Waals surface area contributed by atoms with Crippen LogP contribution < -0.4 is 0 Å². The molecule has 2 aromatic heterocycles. The van der Waals surface area contributed by atoms with E-state index in [0.717, 1.165) is 9.35 Å². The van der Waals surface area contributed by atoms with Gasteiger partial charge in [-0.2, -0.15) is 0 Å². The summed E-state index contributed by atoms with van der Waals surface area (Å²) in [5, 5.41) is 8.89. The molecule has 0 saturated carbocycles. The van der Waals surface area contributed by atoms with E-state index < -0.39 is 5.97 Å². The first-order valence-electron chi connectivity index (χ1n) is 3.65. The zero-order valence-electron chi connectivity index (χ0n) is 6.74. The van der Waals surface area contributed by atoms with E-state index in [1.54, 1.807) is 22.9 Å². The number of fused-ring (bicyclic) bond motifs is 1. The number of nitrogens with zero attached hydrogens (tertiary/aromatic N) is 2. The molecule has 0 unspecified atom stereocenters. The number of rotatable bonds is 1. The van der Waals surface area contributed by atoms with Gasteiger partial charge in [-0.05, 0) is 44.6 Å². The molecule has 4 nitrogen and oxygen atoms in total. The maximum absolute atomic E-state index is 10.8. The molecule has 0 aliphatic carbocycles. The third-order valence-electron chi connectivity index (χ3n) is 1.78. The van der Waals surface area contributed by atoms with Crippen LogP contribution in [0.4, 0.5) is 0 Å². The van der Waals surface area contributed by atoms with Crippen molar-refractivity contribution in [3.05, 3.63) is 32.2 Å². The Morgan fingerprint density at radius 3 is 3.00 bits per heavy atom. The van der Waals surface area contributed by atoms with E-state index in [0.29, 0.717) is 4.47 Å². The minimum absolute atomic E-state index is 0.230. The first-order chi connectivity index (χ1) is 6.59. The van der Waals surface area contributed by atoms with Gasteiger partial charge in [0.1, 0.15) is 9.35 Å². The summed E-state index contributed by atoms with van der Waals surface area (Å²) in [5.74, 6) is -0.955. The van der Waals surface area contributed by atoms with Crippen LogP contribution in [0.3, 0.4) is 0 Å². The van der Waals surface area contributed by atoms with Gasteiger partial charge in [0.25, 0.3) is 0 Å². The van der Waals surface area contributed by atoms with Crippen molar-refractivity contribution in [2.75, 3.05) is 0 Å². The lowest BCUT2D eigenvalue weighted by Crippen LogP contribution is -2.01. The van der Waals surface area contributed by atoms with E-state index >= 15 is 0 Å². The van der Waals surface area contributed by atoms with Crippen molar-refractivity contribution < 1.29 is 9.90 Å². The summed E-state index contributed by atoms with van der Waals surface area (Å²) in [4.78, 5) is 14.9. The van der Waals surface area contributed by atoms with Gasteiger partial charge in [0.15, 0.2) is 0 Å². The highest BCUT2D eigenvalue weighted by atomic mass is 127. The van der Waals surface area contributed by atoms with Gasteiger partial charge in [-0.3, -0.25) is 4.40 Å². The van der Waals surface area contributed by atoms with Gasteiger partial charge in [-0.1, -0.05) is 0 Å². The molecule has 0 aliphatic rings. The highest BCUT2D eigenvalue weighted by Gasteiger charge is 2.11. The van der Waals surface area contributed by atoms with Gasteiger partial charge in [-0.25, -0.2) is 9.78 Å². The van der Waals surface area contributed by atoms with Crippen LogP contribution in [-0.2, 0) is 0 Å². The molecule has 0 fully saturated rings. The molecule has 2 aromatic rings. The minimum Gasteiger partial charge on any atom is -0.478 e. The number of pyridine rings is 1. The van der Waals surface area contributed by atoms with Gasteiger partial charge in [0, 0.05) is 10.7 Å². The number of hydrogen-bond acceptors (Lipinski definition) is 2. The van der Waals surface area contributed by atoms with Crippen molar-refractivity contribution in [1.29, 1.82) is 0 Å². The molecule has 1 N–H and O–H groups in total. The maximum atomic E-state index is 10.8. The fourth-order valence-corrected chi connectivity index (χ4v) is 2.13. The first-order valence-corrected chi connectivity index (χ1v) is 5.52. The molecule has 6 heteroatoms. The lowest BCUT2D eigenvalue weighted by Gasteiger charge is -2.01. The number of aromatic nitrogens is 2. The molecular formula is C8H4BrIN2O2. The quantitative estimate of drug-likeness (QED) is 0.788. The monoisotopic (exact) mass is 366 g/mol. The summed E-state index contributed by atoms with van der Waals surface area (Å²) in [6, 6.07) is 1.69. The average molecular weight is 367 g/mol. The third kappa shape index (κ3) is 1.52. The predicted molar refractivity (Wildman–Crippen MR) is 62.6 cm³/mol. The summed E-state index contributed by atoms with van der Waals surface area (Å²) >= 11 is 5.29. The van der Waals surface area contributed by atoms with Gasteiger partial charge in [-0.15, -0.1) is 0 Å². The highest BCUT2D eigenvalue weighted by Crippen LogP contribution is 2.20. The van der Waals surface area contributed by atoms with Gasteiger partial charge in [0.05, 0.1) is 11.8 Å². The molecule has 2 heterocycles. The fraction of sp³-hybridized carbons (Fsp3) is 0. The molecule has 0 aromatic carbocycles. The smallest absolute Gasteiger partial charge is 0.338 e. The Morgan fingerprint density at radius 1 is 1.64 bits per heavy atom. The summed E-state index contributed by atoms with van der Waals surface area (Å²) < 4.78 is 3.15. The molecule has 14 heavy (non-hydrogen) atoms. The Labute approximate surface area is 101 Å². The Balaban J connectivity index is 2.80. The van der Waals surface area contributed by atoms with Crippen LogP contribution in [0, 0.1) is 3.70 Å². The molecule has 0 bridgehead atoms. The minimum atomic E-state index is -0.955. The van der Waals surface area contributed by atoms with Gasteiger partial charge < -0.3 is 5.11 Å². The van der Waals surface area contributed by atoms with Crippen LogP contribution in [0.5, 0.6) is 0 Å². The van der Waals surface area contributed by atoms with E-state index in [2.05, 4.69) is 43.5 Å². The summed E-state index contributed by atoms with van der Waals surface area (Å²) in [7, 11) is 0. The number of carbonyl (C=O) groups is 1.